The number of ether oxygens (including phenoxy) is 1. The van der Waals surface area contributed by atoms with E-state index in [1.807, 2.05) is 6.08 Å². The van der Waals surface area contributed by atoms with Gasteiger partial charge in [-0.2, -0.15) is 0 Å². The Kier molecular flexibility index (Phi) is 2.72. The van der Waals surface area contributed by atoms with E-state index < -0.39 is 0 Å². The van der Waals surface area contributed by atoms with Crippen LogP contribution in [0, 0.1) is 5.41 Å². The van der Waals surface area contributed by atoms with E-state index in [2.05, 4.69) is 20.4 Å². The van der Waals surface area contributed by atoms with Gasteiger partial charge in [-0.3, -0.25) is 0 Å². The molecule has 0 saturated carbocycles. The molecular weight excluding hydrogens is 136 g/mol. The summed E-state index contributed by atoms with van der Waals surface area (Å²) in [7, 11) is 0. The number of allylic oxidation sites excluding steroid dienone is 1. The molecule has 0 aromatic heterocycles. The van der Waals surface area contributed by atoms with Crippen LogP contribution < -0.4 is 0 Å². The van der Waals surface area contributed by atoms with Gasteiger partial charge in [0.05, 0.1) is 6.10 Å². The maximum absolute atomic E-state index is 5.62. The van der Waals surface area contributed by atoms with E-state index in [0.717, 1.165) is 19.4 Å². The Bertz CT molecular complexity index is 142. The first-order valence-electron chi connectivity index (χ1n) is 4.45. The fourth-order valence-electron chi connectivity index (χ4n) is 1.97. The third kappa shape index (κ3) is 1.64. The molecule has 1 aliphatic heterocycles. The summed E-state index contributed by atoms with van der Waals surface area (Å²) in [5.74, 6) is 0. The number of hydrogen-bond acceptors (Lipinski definition) is 1. The fraction of sp³-hybridized carbons (Fsp3) is 0.800. The SMILES string of the molecule is C=CCC1(C)CCOC1CC. The zero-order valence-electron chi connectivity index (χ0n) is 7.60. The smallest absolute Gasteiger partial charge is 0.0629 e. The van der Waals surface area contributed by atoms with Gasteiger partial charge in [0.2, 0.25) is 0 Å². The van der Waals surface area contributed by atoms with Gasteiger partial charge in [-0.05, 0) is 24.7 Å². The molecule has 2 atom stereocenters. The van der Waals surface area contributed by atoms with Crippen molar-refractivity contribution in [1.82, 2.24) is 0 Å². The Morgan fingerprint density at radius 3 is 3.00 bits per heavy atom. The zero-order chi connectivity index (χ0) is 8.32. The summed E-state index contributed by atoms with van der Waals surface area (Å²) in [6, 6.07) is 0. The minimum Gasteiger partial charge on any atom is -0.378 e. The lowest BCUT2D eigenvalue weighted by Gasteiger charge is -2.27. The van der Waals surface area contributed by atoms with Crippen molar-refractivity contribution < 1.29 is 4.74 Å². The lowest BCUT2D eigenvalue weighted by molar-refractivity contribution is 0.0548. The van der Waals surface area contributed by atoms with Crippen molar-refractivity contribution in [3.63, 3.8) is 0 Å². The Labute approximate surface area is 69.4 Å². The average Bonchev–Trinajstić information content (AvgIpc) is 2.31. The molecule has 0 spiro atoms. The minimum atomic E-state index is 0.372. The summed E-state index contributed by atoms with van der Waals surface area (Å²) < 4.78 is 5.62. The molecule has 11 heavy (non-hydrogen) atoms. The van der Waals surface area contributed by atoms with Crippen molar-refractivity contribution in [2.24, 2.45) is 5.41 Å². The third-order valence-corrected chi connectivity index (χ3v) is 2.75. The van der Waals surface area contributed by atoms with E-state index in [1.54, 1.807) is 0 Å². The standard InChI is InChI=1S/C10H18O/c1-4-6-10(3)7-8-11-9(10)5-2/h4,9H,1,5-8H2,2-3H3. The topological polar surface area (TPSA) is 9.23 Å². The predicted octanol–water partition coefficient (Wildman–Crippen LogP) is 2.77. The molecule has 1 fully saturated rings. The van der Waals surface area contributed by atoms with Crippen LogP contribution in [0.25, 0.3) is 0 Å². The number of hydrogen-bond donors (Lipinski definition) is 0. The molecule has 0 N–H and O–H groups in total. The van der Waals surface area contributed by atoms with Crippen molar-refractivity contribution in [1.29, 1.82) is 0 Å². The van der Waals surface area contributed by atoms with Gasteiger partial charge in [0.1, 0.15) is 0 Å². The van der Waals surface area contributed by atoms with Crippen molar-refractivity contribution in [3.05, 3.63) is 12.7 Å². The van der Waals surface area contributed by atoms with E-state index in [9.17, 15) is 0 Å². The molecule has 0 amide bonds. The van der Waals surface area contributed by atoms with Crippen molar-refractivity contribution in [2.45, 2.75) is 39.2 Å². The molecular formula is C10H18O. The Hall–Kier alpha value is -0.300. The summed E-state index contributed by atoms with van der Waals surface area (Å²) in [4.78, 5) is 0. The zero-order valence-corrected chi connectivity index (χ0v) is 7.60. The van der Waals surface area contributed by atoms with Gasteiger partial charge >= 0.3 is 0 Å². The average molecular weight is 154 g/mol. The van der Waals surface area contributed by atoms with E-state index in [1.165, 1.54) is 6.42 Å². The second-order valence-corrected chi connectivity index (χ2v) is 3.66. The van der Waals surface area contributed by atoms with Crippen LogP contribution in [0.1, 0.15) is 33.1 Å². The summed E-state index contributed by atoms with van der Waals surface area (Å²) >= 11 is 0. The summed E-state index contributed by atoms with van der Waals surface area (Å²) in [5, 5.41) is 0. The molecule has 1 aliphatic rings. The molecule has 2 unspecified atom stereocenters. The Morgan fingerprint density at radius 2 is 2.45 bits per heavy atom. The quantitative estimate of drug-likeness (QED) is 0.568. The van der Waals surface area contributed by atoms with Crippen LogP contribution in [-0.2, 0) is 4.74 Å². The molecule has 0 bridgehead atoms. The predicted molar refractivity (Wildman–Crippen MR) is 47.6 cm³/mol. The Balaban J connectivity index is 2.58. The molecule has 0 radical (unpaired) electrons. The fourth-order valence-corrected chi connectivity index (χ4v) is 1.97. The normalized spacial score (nSPS) is 37.5. The molecule has 64 valence electrons. The summed E-state index contributed by atoms with van der Waals surface area (Å²) in [6.07, 6.45) is 5.88. The lowest BCUT2D eigenvalue weighted by Crippen LogP contribution is -2.26. The first-order chi connectivity index (χ1) is 5.23. The highest BCUT2D eigenvalue weighted by atomic mass is 16.5. The van der Waals surface area contributed by atoms with Crippen LogP contribution in [0.5, 0.6) is 0 Å². The van der Waals surface area contributed by atoms with Gasteiger partial charge in [0.25, 0.3) is 0 Å². The summed E-state index contributed by atoms with van der Waals surface area (Å²) in [6.45, 7) is 9.21. The molecule has 0 aromatic rings. The first-order valence-corrected chi connectivity index (χ1v) is 4.45. The van der Waals surface area contributed by atoms with Crippen LogP contribution in [-0.4, -0.2) is 12.7 Å². The van der Waals surface area contributed by atoms with Crippen molar-refractivity contribution in [3.8, 4) is 0 Å². The highest BCUT2D eigenvalue weighted by Crippen LogP contribution is 2.39. The van der Waals surface area contributed by atoms with E-state index >= 15 is 0 Å². The van der Waals surface area contributed by atoms with Crippen LogP contribution in [0.15, 0.2) is 12.7 Å². The highest BCUT2D eigenvalue weighted by Gasteiger charge is 2.37. The molecule has 1 nitrogen and oxygen atoms in total. The van der Waals surface area contributed by atoms with Crippen molar-refractivity contribution >= 4 is 0 Å². The second-order valence-electron chi connectivity index (χ2n) is 3.66. The van der Waals surface area contributed by atoms with Crippen molar-refractivity contribution in [2.75, 3.05) is 6.61 Å². The second kappa shape index (κ2) is 3.40. The first kappa shape index (κ1) is 8.79. The maximum atomic E-state index is 5.62. The molecule has 1 heterocycles. The van der Waals surface area contributed by atoms with Crippen LogP contribution in [0.4, 0.5) is 0 Å². The lowest BCUT2D eigenvalue weighted by atomic mass is 9.79. The van der Waals surface area contributed by atoms with Gasteiger partial charge in [0, 0.05) is 6.61 Å². The third-order valence-electron chi connectivity index (χ3n) is 2.75. The largest absolute Gasteiger partial charge is 0.378 e. The van der Waals surface area contributed by atoms with Gasteiger partial charge in [-0.15, -0.1) is 6.58 Å². The van der Waals surface area contributed by atoms with Gasteiger partial charge < -0.3 is 4.74 Å². The maximum Gasteiger partial charge on any atom is 0.0629 e. The van der Waals surface area contributed by atoms with E-state index in [0.29, 0.717) is 11.5 Å². The highest BCUT2D eigenvalue weighted by molar-refractivity contribution is 4.92. The molecule has 1 saturated heterocycles. The number of rotatable bonds is 3. The minimum absolute atomic E-state index is 0.372. The van der Waals surface area contributed by atoms with E-state index in [4.69, 9.17) is 4.74 Å². The van der Waals surface area contributed by atoms with Gasteiger partial charge in [-0.1, -0.05) is 19.9 Å². The Morgan fingerprint density at radius 1 is 1.73 bits per heavy atom. The molecule has 0 aromatic carbocycles. The van der Waals surface area contributed by atoms with Crippen LogP contribution >= 0.6 is 0 Å². The summed E-state index contributed by atoms with van der Waals surface area (Å²) in [5.41, 5.74) is 0.372. The molecule has 1 heteroatoms. The molecule has 1 rings (SSSR count). The van der Waals surface area contributed by atoms with Gasteiger partial charge in [-0.25, -0.2) is 0 Å². The van der Waals surface area contributed by atoms with Crippen LogP contribution in [0.3, 0.4) is 0 Å². The van der Waals surface area contributed by atoms with Gasteiger partial charge in [0.15, 0.2) is 0 Å². The molecule has 0 aliphatic carbocycles. The van der Waals surface area contributed by atoms with Crippen LogP contribution in [0.2, 0.25) is 0 Å². The van der Waals surface area contributed by atoms with E-state index in [-0.39, 0.29) is 0 Å². The monoisotopic (exact) mass is 154 g/mol.